The van der Waals surface area contributed by atoms with E-state index in [9.17, 15) is 9.59 Å². The fourth-order valence-electron chi connectivity index (χ4n) is 4.60. The number of carbonyl (C=O) groups excluding carboxylic acids is 2. The number of para-hydroxylation sites is 2. The molecule has 1 aromatic heterocycles. The van der Waals surface area contributed by atoms with Crippen molar-refractivity contribution in [3.05, 3.63) is 126 Å². The standard InChI is InChI=1S/C30H24N2O3/c1-35-30(34)28(26(20-12-4-2-5-13-20)21-14-6-3-7-15-21)32-29(33)27-22-16-8-10-18-24(22)31-25-19-11-9-17-23(25)27/h2-19,26,28H,1H3,(H,32,33)/t28-/m1/s1. The van der Waals surface area contributed by atoms with Crippen LogP contribution in [0.4, 0.5) is 0 Å². The average Bonchev–Trinajstić information content (AvgIpc) is 2.92. The van der Waals surface area contributed by atoms with Crippen LogP contribution in [0.25, 0.3) is 21.8 Å². The Morgan fingerprint density at radius 3 is 1.63 bits per heavy atom. The van der Waals surface area contributed by atoms with Crippen LogP contribution in [-0.2, 0) is 9.53 Å². The minimum Gasteiger partial charge on any atom is -0.467 e. The zero-order chi connectivity index (χ0) is 24.2. The number of nitrogens with one attached hydrogen (secondary N) is 1. The first-order chi connectivity index (χ1) is 17.2. The van der Waals surface area contributed by atoms with Gasteiger partial charge in [0.1, 0.15) is 6.04 Å². The fourth-order valence-corrected chi connectivity index (χ4v) is 4.60. The summed E-state index contributed by atoms with van der Waals surface area (Å²) in [6.45, 7) is 0. The van der Waals surface area contributed by atoms with Crippen molar-refractivity contribution in [1.29, 1.82) is 0 Å². The van der Waals surface area contributed by atoms with E-state index < -0.39 is 17.9 Å². The van der Waals surface area contributed by atoms with Gasteiger partial charge >= 0.3 is 5.97 Å². The minimum absolute atomic E-state index is 0.355. The van der Waals surface area contributed by atoms with Crippen molar-refractivity contribution < 1.29 is 14.3 Å². The van der Waals surface area contributed by atoms with Crippen molar-refractivity contribution in [2.75, 3.05) is 7.11 Å². The van der Waals surface area contributed by atoms with E-state index in [4.69, 9.17) is 9.72 Å². The maximum absolute atomic E-state index is 13.9. The number of benzene rings is 4. The SMILES string of the molecule is COC(=O)[C@H](NC(=O)c1c2ccccc2nc2ccccc12)C(c1ccccc1)c1ccccc1. The number of aromatic nitrogens is 1. The smallest absolute Gasteiger partial charge is 0.329 e. The normalized spacial score (nSPS) is 11.9. The van der Waals surface area contributed by atoms with Gasteiger partial charge in [-0.25, -0.2) is 9.78 Å². The van der Waals surface area contributed by atoms with E-state index in [1.807, 2.05) is 109 Å². The number of nitrogens with zero attached hydrogens (tertiary/aromatic N) is 1. The van der Waals surface area contributed by atoms with Crippen LogP contribution in [0, 0.1) is 0 Å². The average molecular weight is 461 g/mol. The summed E-state index contributed by atoms with van der Waals surface area (Å²) in [6.07, 6.45) is 0. The van der Waals surface area contributed by atoms with E-state index in [-0.39, 0.29) is 5.91 Å². The maximum atomic E-state index is 13.9. The highest BCUT2D eigenvalue weighted by molar-refractivity contribution is 6.16. The Hall–Kier alpha value is -4.51. The summed E-state index contributed by atoms with van der Waals surface area (Å²) in [6, 6.07) is 33.5. The quantitative estimate of drug-likeness (QED) is 0.269. The van der Waals surface area contributed by atoms with Crippen molar-refractivity contribution in [2.24, 2.45) is 0 Å². The first-order valence-corrected chi connectivity index (χ1v) is 11.4. The van der Waals surface area contributed by atoms with Crippen LogP contribution in [0.5, 0.6) is 0 Å². The largest absolute Gasteiger partial charge is 0.467 e. The first-order valence-electron chi connectivity index (χ1n) is 11.4. The first kappa shape index (κ1) is 22.3. The van der Waals surface area contributed by atoms with E-state index in [1.165, 1.54) is 7.11 Å². The molecule has 0 aliphatic carbocycles. The highest BCUT2D eigenvalue weighted by Crippen LogP contribution is 2.31. The third-order valence-electron chi connectivity index (χ3n) is 6.21. The predicted molar refractivity (Wildman–Crippen MR) is 137 cm³/mol. The molecule has 4 aromatic carbocycles. The Bertz CT molecular complexity index is 1410. The molecule has 5 heteroatoms. The number of carbonyl (C=O) groups is 2. The molecule has 0 spiro atoms. The third-order valence-corrected chi connectivity index (χ3v) is 6.21. The third kappa shape index (κ3) is 4.36. The molecule has 0 radical (unpaired) electrons. The van der Waals surface area contributed by atoms with Gasteiger partial charge in [-0.05, 0) is 23.3 Å². The lowest BCUT2D eigenvalue weighted by Crippen LogP contribution is -2.46. The Labute approximate surface area is 203 Å². The van der Waals surface area contributed by atoms with Crippen LogP contribution < -0.4 is 5.32 Å². The van der Waals surface area contributed by atoms with Crippen molar-refractivity contribution >= 4 is 33.7 Å². The molecule has 0 aliphatic heterocycles. The highest BCUT2D eigenvalue weighted by atomic mass is 16.5. The van der Waals surface area contributed by atoms with Crippen molar-refractivity contribution in [1.82, 2.24) is 10.3 Å². The number of ether oxygens (including phenoxy) is 1. The van der Waals surface area contributed by atoms with Crippen LogP contribution in [0.1, 0.15) is 27.4 Å². The Balaban J connectivity index is 1.65. The summed E-state index contributed by atoms with van der Waals surface area (Å²) in [5.41, 5.74) is 3.72. The lowest BCUT2D eigenvalue weighted by atomic mass is 9.84. The lowest BCUT2D eigenvalue weighted by molar-refractivity contribution is -0.143. The molecular weight excluding hydrogens is 436 g/mol. The molecule has 5 aromatic rings. The number of esters is 1. The second-order valence-electron chi connectivity index (χ2n) is 8.29. The molecule has 5 nitrogen and oxygen atoms in total. The summed E-state index contributed by atoms with van der Waals surface area (Å²) < 4.78 is 5.18. The minimum atomic E-state index is -0.942. The molecule has 0 aliphatic rings. The molecule has 0 bridgehead atoms. The number of hydrogen-bond acceptors (Lipinski definition) is 4. The number of methoxy groups -OCH3 is 1. The Morgan fingerprint density at radius 1 is 0.686 bits per heavy atom. The van der Waals surface area contributed by atoms with Crippen LogP contribution in [0.15, 0.2) is 109 Å². The van der Waals surface area contributed by atoms with E-state index >= 15 is 0 Å². The van der Waals surface area contributed by atoms with Gasteiger partial charge in [0.2, 0.25) is 0 Å². The molecule has 0 saturated heterocycles. The van der Waals surface area contributed by atoms with Crippen LogP contribution in [-0.4, -0.2) is 30.0 Å². The Morgan fingerprint density at radius 2 is 1.14 bits per heavy atom. The highest BCUT2D eigenvalue weighted by Gasteiger charge is 2.34. The van der Waals surface area contributed by atoms with Gasteiger partial charge in [0.05, 0.1) is 23.7 Å². The lowest BCUT2D eigenvalue weighted by Gasteiger charge is -2.27. The van der Waals surface area contributed by atoms with Gasteiger partial charge in [0.25, 0.3) is 5.91 Å². The van der Waals surface area contributed by atoms with Gasteiger partial charge < -0.3 is 10.1 Å². The molecular formula is C30H24N2O3. The van der Waals surface area contributed by atoms with Crippen molar-refractivity contribution in [2.45, 2.75) is 12.0 Å². The molecule has 1 N–H and O–H groups in total. The molecule has 5 rings (SSSR count). The molecule has 172 valence electrons. The maximum Gasteiger partial charge on any atom is 0.329 e. The zero-order valence-corrected chi connectivity index (χ0v) is 19.2. The van der Waals surface area contributed by atoms with E-state index in [2.05, 4.69) is 5.32 Å². The van der Waals surface area contributed by atoms with Crippen LogP contribution in [0.2, 0.25) is 0 Å². The summed E-state index contributed by atoms with van der Waals surface area (Å²) >= 11 is 0. The fraction of sp³-hybridized carbons (Fsp3) is 0.100. The second-order valence-corrected chi connectivity index (χ2v) is 8.29. The van der Waals surface area contributed by atoms with E-state index in [1.54, 1.807) is 0 Å². The number of amides is 1. The van der Waals surface area contributed by atoms with Gasteiger partial charge in [0.15, 0.2) is 0 Å². The monoisotopic (exact) mass is 460 g/mol. The molecule has 1 amide bonds. The number of pyridine rings is 1. The second kappa shape index (κ2) is 9.77. The summed E-state index contributed by atoms with van der Waals surface area (Å²) in [4.78, 5) is 31.8. The molecule has 0 saturated carbocycles. The predicted octanol–water partition coefficient (Wildman–Crippen LogP) is 5.49. The zero-order valence-electron chi connectivity index (χ0n) is 19.2. The number of hydrogen-bond donors (Lipinski definition) is 1. The van der Waals surface area contributed by atoms with Crippen molar-refractivity contribution in [3.63, 3.8) is 0 Å². The summed E-state index contributed by atoms with van der Waals surface area (Å²) in [7, 11) is 1.34. The van der Waals surface area contributed by atoms with Gasteiger partial charge in [-0.15, -0.1) is 0 Å². The molecule has 1 atom stereocenters. The van der Waals surface area contributed by atoms with E-state index in [0.29, 0.717) is 16.6 Å². The topological polar surface area (TPSA) is 68.3 Å². The van der Waals surface area contributed by atoms with Crippen LogP contribution in [0.3, 0.4) is 0 Å². The summed E-state index contributed by atoms with van der Waals surface area (Å²) in [5, 5.41) is 4.47. The number of rotatable bonds is 6. The Kier molecular flexibility index (Phi) is 6.22. The van der Waals surface area contributed by atoms with Crippen molar-refractivity contribution in [3.8, 4) is 0 Å². The molecule has 35 heavy (non-hydrogen) atoms. The molecule has 1 heterocycles. The van der Waals surface area contributed by atoms with Crippen LogP contribution >= 0.6 is 0 Å². The van der Waals surface area contributed by atoms with Gasteiger partial charge in [0, 0.05) is 16.7 Å². The molecule has 0 fully saturated rings. The summed E-state index contributed by atoms with van der Waals surface area (Å²) in [5.74, 6) is -1.31. The van der Waals surface area contributed by atoms with Gasteiger partial charge in [-0.3, -0.25) is 4.79 Å². The molecule has 0 unspecified atom stereocenters. The van der Waals surface area contributed by atoms with Gasteiger partial charge in [-0.2, -0.15) is 0 Å². The number of fused-ring (bicyclic) bond motifs is 2. The van der Waals surface area contributed by atoms with Gasteiger partial charge in [-0.1, -0.05) is 97.1 Å². The van der Waals surface area contributed by atoms with E-state index in [0.717, 1.165) is 21.9 Å².